The number of imidazole rings is 1. The normalized spacial score (nSPS) is 11.8. The lowest BCUT2D eigenvalue weighted by atomic mass is 10.4. The van der Waals surface area contributed by atoms with E-state index in [1.54, 1.807) is 0 Å². The summed E-state index contributed by atoms with van der Waals surface area (Å²) in [5, 5.41) is 2.02. The summed E-state index contributed by atoms with van der Waals surface area (Å²) < 4.78 is 50.7. The average molecular weight is 245 g/mol. The van der Waals surface area contributed by atoms with Gasteiger partial charge in [0.1, 0.15) is 23.0 Å². The molecular weight excluding hydrogens is 238 g/mol. The zero-order valence-electron chi connectivity index (χ0n) is 8.42. The first kappa shape index (κ1) is 11.4. The molecule has 0 radical (unpaired) electrons. The second-order valence-electron chi connectivity index (χ2n) is 3.34. The summed E-state index contributed by atoms with van der Waals surface area (Å²) in [6, 6.07) is 2.53. The average Bonchev–Trinajstić information content (AvgIpc) is 2.57. The fourth-order valence-electron chi connectivity index (χ4n) is 1.25. The number of halogens is 4. The van der Waals surface area contributed by atoms with Crippen LogP contribution < -0.4 is 5.32 Å². The number of fused-ring (bicyclic) bond motifs is 1. The summed E-state index contributed by atoms with van der Waals surface area (Å²) >= 11 is 0. The van der Waals surface area contributed by atoms with Crippen LogP contribution >= 0.6 is 0 Å². The number of hydrogen-bond donors (Lipinski definition) is 1. The van der Waals surface area contributed by atoms with Gasteiger partial charge in [0.2, 0.25) is 0 Å². The van der Waals surface area contributed by atoms with E-state index in [-0.39, 0.29) is 5.82 Å². The SMILES string of the molecule is C=C(Nc1cn2cc(F)ccc2n1)C(F)(F)F. The first-order chi connectivity index (χ1) is 7.86. The fourth-order valence-corrected chi connectivity index (χ4v) is 1.25. The van der Waals surface area contributed by atoms with Crippen LogP contribution in [0.5, 0.6) is 0 Å². The van der Waals surface area contributed by atoms with Gasteiger partial charge in [0.15, 0.2) is 0 Å². The summed E-state index contributed by atoms with van der Waals surface area (Å²) in [6.07, 6.45) is -2.18. The molecular formula is C10H7F4N3. The minimum Gasteiger partial charge on any atom is -0.335 e. The Labute approximate surface area is 93.4 Å². The summed E-state index contributed by atoms with van der Waals surface area (Å²) in [4.78, 5) is 3.83. The number of hydrogen-bond acceptors (Lipinski definition) is 2. The highest BCUT2D eigenvalue weighted by atomic mass is 19.4. The molecule has 0 amide bonds. The molecule has 0 bridgehead atoms. The van der Waals surface area contributed by atoms with E-state index in [0.717, 1.165) is 6.20 Å². The number of nitrogens with one attached hydrogen (secondary N) is 1. The van der Waals surface area contributed by atoms with Crippen LogP contribution in [0.4, 0.5) is 23.4 Å². The standard InChI is InChI=1S/C10H7F4N3/c1-6(10(12,13)14)15-8-5-17-4-7(11)2-3-9(17)16-8/h2-5,15H,1H2. The Bertz CT molecular complexity index is 570. The molecule has 2 aromatic heterocycles. The van der Waals surface area contributed by atoms with Gasteiger partial charge in [0.25, 0.3) is 0 Å². The van der Waals surface area contributed by atoms with Crippen molar-refractivity contribution in [1.82, 2.24) is 9.38 Å². The van der Waals surface area contributed by atoms with Gasteiger partial charge in [-0.2, -0.15) is 13.2 Å². The van der Waals surface area contributed by atoms with E-state index in [9.17, 15) is 17.6 Å². The third kappa shape index (κ3) is 2.38. The van der Waals surface area contributed by atoms with Crippen LogP contribution in [0.3, 0.4) is 0 Å². The van der Waals surface area contributed by atoms with Crippen LogP contribution in [0.2, 0.25) is 0 Å². The fraction of sp³-hybridized carbons (Fsp3) is 0.100. The topological polar surface area (TPSA) is 29.3 Å². The number of anilines is 1. The molecule has 0 atom stereocenters. The zero-order chi connectivity index (χ0) is 12.6. The van der Waals surface area contributed by atoms with Crippen molar-refractivity contribution in [2.75, 3.05) is 5.32 Å². The number of aromatic nitrogens is 2. The van der Waals surface area contributed by atoms with E-state index in [4.69, 9.17) is 0 Å². The van der Waals surface area contributed by atoms with Gasteiger partial charge in [-0.1, -0.05) is 6.58 Å². The van der Waals surface area contributed by atoms with Gasteiger partial charge in [-0.3, -0.25) is 0 Å². The van der Waals surface area contributed by atoms with Crippen molar-refractivity contribution in [3.05, 3.63) is 42.6 Å². The Kier molecular flexibility index (Phi) is 2.53. The highest BCUT2D eigenvalue weighted by Gasteiger charge is 2.32. The molecule has 2 aromatic rings. The van der Waals surface area contributed by atoms with Crippen LogP contribution in [0, 0.1) is 5.82 Å². The molecule has 0 aromatic carbocycles. The zero-order valence-corrected chi connectivity index (χ0v) is 8.42. The van der Waals surface area contributed by atoms with Crippen LogP contribution in [-0.4, -0.2) is 15.6 Å². The maximum Gasteiger partial charge on any atom is 0.430 e. The molecule has 0 saturated carbocycles. The molecule has 0 fully saturated rings. The Morgan fingerprint density at radius 2 is 2.00 bits per heavy atom. The van der Waals surface area contributed by atoms with Crippen molar-refractivity contribution >= 4 is 11.5 Å². The van der Waals surface area contributed by atoms with E-state index >= 15 is 0 Å². The lowest BCUT2D eigenvalue weighted by molar-refractivity contribution is -0.0898. The van der Waals surface area contributed by atoms with Crippen molar-refractivity contribution in [3.8, 4) is 0 Å². The highest BCUT2D eigenvalue weighted by molar-refractivity contribution is 5.51. The molecule has 0 spiro atoms. The van der Waals surface area contributed by atoms with Gasteiger partial charge in [-0.25, -0.2) is 9.37 Å². The van der Waals surface area contributed by atoms with Gasteiger partial charge >= 0.3 is 6.18 Å². The Morgan fingerprint density at radius 3 is 2.65 bits per heavy atom. The van der Waals surface area contributed by atoms with Crippen LogP contribution in [0.1, 0.15) is 0 Å². The van der Waals surface area contributed by atoms with Crippen LogP contribution in [-0.2, 0) is 0 Å². The number of pyridine rings is 1. The minimum atomic E-state index is -4.54. The van der Waals surface area contributed by atoms with E-state index in [1.165, 1.54) is 22.7 Å². The van der Waals surface area contributed by atoms with Crippen molar-refractivity contribution < 1.29 is 17.6 Å². The second-order valence-corrected chi connectivity index (χ2v) is 3.34. The molecule has 0 saturated heterocycles. The summed E-state index contributed by atoms with van der Waals surface area (Å²) in [7, 11) is 0. The smallest absolute Gasteiger partial charge is 0.335 e. The first-order valence-electron chi connectivity index (χ1n) is 4.53. The van der Waals surface area contributed by atoms with Crippen molar-refractivity contribution in [3.63, 3.8) is 0 Å². The van der Waals surface area contributed by atoms with Crippen molar-refractivity contribution in [2.24, 2.45) is 0 Å². The summed E-state index contributed by atoms with van der Waals surface area (Å²) in [5.41, 5.74) is -0.787. The van der Waals surface area contributed by atoms with Gasteiger partial charge in [0.05, 0.1) is 6.20 Å². The predicted octanol–water partition coefficient (Wildman–Crippen LogP) is 2.96. The van der Waals surface area contributed by atoms with Crippen molar-refractivity contribution in [1.29, 1.82) is 0 Å². The van der Waals surface area contributed by atoms with Crippen molar-refractivity contribution in [2.45, 2.75) is 6.18 Å². The molecule has 2 heterocycles. The molecule has 7 heteroatoms. The quantitative estimate of drug-likeness (QED) is 0.824. The van der Waals surface area contributed by atoms with Gasteiger partial charge in [-0.05, 0) is 12.1 Å². The first-order valence-corrected chi connectivity index (χ1v) is 4.53. The van der Waals surface area contributed by atoms with Gasteiger partial charge in [0, 0.05) is 6.20 Å². The monoisotopic (exact) mass is 245 g/mol. The maximum atomic E-state index is 12.8. The van der Waals surface area contributed by atoms with E-state index in [0.29, 0.717) is 5.65 Å². The third-order valence-electron chi connectivity index (χ3n) is 2.04. The maximum absolute atomic E-state index is 12.8. The van der Waals surface area contributed by atoms with Crippen LogP contribution in [0.25, 0.3) is 5.65 Å². The molecule has 0 aliphatic rings. The molecule has 17 heavy (non-hydrogen) atoms. The molecule has 2 rings (SSSR count). The molecule has 1 N–H and O–H groups in total. The Balaban J connectivity index is 2.29. The molecule has 0 aliphatic heterocycles. The minimum absolute atomic E-state index is 0.0436. The van der Waals surface area contributed by atoms with Crippen LogP contribution in [0.15, 0.2) is 36.8 Å². The lowest BCUT2D eigenvalue weighted by Gasteiger charge is -2.09. The highest BCUT2D eigenvalue weighted by Crippen LogP contribution is 2.25. The summed E-state index contributed by atoms with van der Waals surface area (Å²) in [5.74, 6) is -0.547. The predicted molar refractivity (Wildman–Crippen MR) is 54.0 cm³/mol. The van der Waals surface area contributed by atoms with E-state index in [1.807, 2.05) is 5.32 Å². The molecule has 0 unspecified atom stereocenters. The number of alkyl halides is 3. The Morgan fingerprint density at radius 1 is 1.29 bits per heavy atom. The van der Waals surface area contributed by atoms with Gasteiger partial charge in [-0.15, -0.1) is 0 Å². The lowest BCUT2D eigenvalue weighted by Crippen LogP contribution is -2.17. The summed E-state index contributed by atoms with van der Waals surface area (Å²) in [6.45, 7) is 2.85. The molecule has 0 aliphatic carbocycles. The van der Waals surface area contributed by atoms with E-state index in [2.05, 4.69) is 11.6 Å². The number of allylic oxidation sites excluding steroid dienone is 1. The van der Waals surface area contributed by atoms with Gasteiger partial charge < -0.3 is 9.72 Å². The largest absolute Gasteiger partial charge is 0.430 e. The molecule has 90 valence electrons. The third-order valence-corrected chi connectivity index (χ3v) is 2.04. The van der Waals surface area contributed by atoms with E-state index < -0.39 is 17.7 Å². The second kappa shape index (κ2) is 3.76. The number of rotatable bonds is 2. The number of nitrogens with zero attached hydrogens (tertiary/aromatic N) is 2. The Hall–Kier alpha value is -2.05. The molecule has 3 nitrogen and oxygen atoms in total.